The van der Waals surface area contributed by atoms with Crippen molar-refractivity contribution >= 4 is 33.4 Å². The molecule has 1 aliphatic heterocycles. The number of rotatable bonds is 6. The monoisotopic (exact) mass is 494 g/mol. The third kappa shape index (κ3) is 5.93. The highest BCUT2D eigenvalue weighted by molar-refractivity contribution is 9.10. The second-order valence-electron chi connectivity index (χ2n) is 7.42. The molecule has 32 heavy (non-hydrogen) atoms. The summed E-state index contributed by atoms with van der Waals surface area (Å²) in [5, 5.41) is 2.89. The molecule has 1 N–H and O–H groups in total. The second kappa shape index (κ2) is 10.4. The van der Waals surface area contributed by atoms with Gasteiger partial charge in [-0.25, -0.2) is 4.98 Å². The Morgan fingerprint density at radius 3 is 2.31 bits per heavy atom. The molecule has 0 saturated carbocycles. The second-order valence-corrected chi connectivity index (χ2v) is 8.34. The summed E-state index contributed by atoms with van der Waals surface area (Å²) in [6.45, 7) is 2.72. The number of para-hydroxylation sites is 1. The van der Waals surface area contributed by atoms with Crippen LogP contribution in [0, 0.1) is 0 Å². The van der Waals surface area contributed by atoms with E-state index in [1.807, 2.05) is 54.6 Å². The Morgan fingerprint density at radius 1 is 0.938 bits per heavy atom. The average Bonchev–Trinajstić information content (AvgIpc) is 2.82. The van der Waals surface area contributed by atoms with Crippen molar-refractivity contribution in [1.82, 2.24) is 14.8 Å². The summed E-state index contributed by atoms with van der Waals surface area (Å²) in [4.78, 5) is 33.2. The van der Waals surface area contributed by atoms with Crippen molar-refractivity contribution in [3.63, 3.8) is 0 Å². The highest BCUT2D eigenvalue weighted by Crippen LogP contribution is 2.22. The Hall–Kier alpha value is -3.23. The number of hydrogen-bond donors (Lipinski definition) is 1. The number of benzene rings is 2. The van der Waals surface area contributed by atoms with Gasteiger partial charge in [0.1, 0.15) is 5.75 Å². The van der Waals surface area contributed by atoms with Gasteiger partial charge in [0.15, 0.2) is 0 Å². The van der Waals surface area contributed by atoms with Gasteiger partial charge >= 0.3 is 0 Å². The highest BCUT2D eigenvalue weighted by Gasteiger charge is 2.23. The maximum absolute atomic E-state index is 12.8. The van der Waals surface area contributed by atoms with Crippen LogP contribution in [0.15, 0.2) is 77.4 Å². The summed E-state index contributed by atoms with van der Waals surface area (Å²) in [7, 11) is 0. The molecule has 4 rings (SSSR count). The first-order chi connectivity index (χ1) is 15.6. The Bertz CT molecular complexity index is 1050. The van der Waals surface area contributed by atoms with Crippen molar-refractivity contribution in [2.45, 2.75) is 0 Å². The molecule has 0 bridgehead atoms. The standard InChI is InChI=1S/C24H23BrN4O3/c25-19-7-9-21(10-8-19)32-23-11-6-18(16-26-23)24(31)29-14-12-28(13-15-29)17-22(30)27-20-4-2-1-3-5-20/h1-11,16H,12-15,17H2,(H,27,30). The fraction of sp³-hybridized carbons (Fsp3) is 0.208. The van der Waals surface area contributed by atoms with E-state index in [2.05, 4.69) is 31.1 Å². The molecule has 8 heteroatoms. The summed E-state index contributed by atoms with van der Waals surface area (Å²) >= 11 is 3.39. The van der Waals surface area contributed by atoms with Crippen LogP contribution in [0.2, 0.25) is 0 Å². The van der Waals surface area contributed by atoms with E-state index in [0.29, 0.717) is 49.9 Å². The lowest BCUT2D eigenvalue weighted by molar-refractivity contribution is -0.117. The van der Waals surface area contributed by atoms with Crippen molar-refractivity contribution in [3.8, 4) is 11.6 Å². The van der Waals surface area contributed by atoms with Gasteiger partial charge in [0, 0.05) is 48.6 Å². The largest absolute Gasteiger partial charge is 0.439 e. The summed E-state index contributed by atoms with van der Waals surface area (Å²) in [6, 6.07) is 20.3. The van der Waals surface area contributed by atoms with E-state index in [1.54, 1.807) is 17.0 Å². The minimum absolute atomic E-state index is 0.0541. The molecule has 3 aromatic rings. The van der Waals surface area contributed by atoms with Crippen LogP contribution in [0.5, 0.6) is 11.6 Å². The fourth-order valence-corrected chi connectivity index (χ4v) is 3.67. The van der Waals surface area contributed by atoms with E-state index in [-0.39, 0.29) is 11.8 Å². The van der Waals surface area contributed by atoms with E-state index < -0.39 is 0 Å². The molecule has 0 aliphatic carbocycles. The Balaban J connectivity index is 1.25. The van der Waals surface area contributed by atoms with Gasteiger partial charge in [-0.05, 0) is 42.5 Å². The zero-order valence-electron chi connectivity index (χ0n) is 17.4. The van der Waals surface area contributed by atoms with E-state index >= 15 is 0 Å². The van der Waals surface area contributed by atoms with Gasteiger partial charge in [-0.1, -0.05) is 34.1 Å². The molecule has 0 radical (unpaired) electrons. The molecule has 7 nitrogen and oxygen atoms in total. The summed E-state index contributed by atoms with van der Waals surface area (Å²) in [5.74, 6) is 0.980. The third-order valence-corrected chi connectivity index (χ3v) is 5.63. The predicted octanol–water partition coefficient (Wildman–Crippen LogP) is 4.03. The SMILES string of the molecule is O=C(CN1CCN(C(=O)c2ccc(Oc3ccc(Br)cc3)nc2)CC1)Nc1ccccc1. The zero-order valence-corrected chi connectivity index (χ0v) is 19.0. The van der Waals surface area contributed by atoms with Gasteiger partial charge in [-0.2, -0.15) is 0 Å². The quantitative estimate of drug-likeness (QED) is 0.559. The average molecular weight is 495 g/mol. The van der Waals surface area contributed by atoms with Crippen LogP contribution in [0.25, 0.3) is 0 Å². The summed E-state index contributed by atoms with van der Waals surface area (Å²) in [5.41, 5.74) is 1.30. The number of carbonyl (C=O) groups excluding carboxylic acids is 2. The Kier molecular flexibility index (Phi) is 7.14. The van der Waals surface area contributed by atoms with Gasteiger partial charge in [0.05, 0.1) is 12.1 Å². The van der Waals surface area contributed by atoms with Gasteiger partial charge in [-0.3, -0.25) is 14.5 Å². The van der Waals surface area contributed by atoms with Crippen LogP contribution in [-0.2, 0) is 4.79 Å². The lowest BCUT2D eigenvalue weighted by Gasteiger charge is -2.34. The van der Waals surface area contributed by atoms with Crippen LogP contribution in [0.1, 0.15) is 10.4 Å². The molecule has 1 aromatic heterocycles. The van der Waals surface area contributed by atoms with E-state index in [9.17, 15) is 9.59 Å². The summed E-state index contributed by atoms with van der Waals surface area (Å²) in [6.07, 6.45) is 1.54. The smallest absolute Gasteiger partial charge is 0.255 e. The van der Waals surface area contributed by atoms with Gasteiger partial charge < -0.3 is 15.0 Å². The molecule has 0 unspecified atom stereocenters. The molecular formula is C24H23BrN4O3. The molecule has 2 amide bonds. The van der Waals surface area contributed by atoms with E-state index in [1.165, 1.54) is 6.20 Å². The van der Waals surface area contributed by atoms with Gasteiger partial charge in [0.2, 0.25) is 11.8 Å². The first-order valence-electron chi connectivity index (χ1n) is 10.3. The minimum atomic E-state index is -0.0684. The number of amides is 2. The van der Waals surface area contributed by atoms with Crippen LogP contribution >= 0.6 is 15.9 Å². The third-order valence-electron chi connectivity index (χ3n) is 5.10. The van der Waals surface area contributed by atoms with Crippen LogP contribution in [0.3, 0.4) is 0 Å². The first kappa shape index (κ1) is 22.0. The number of ether oxygens (including phenoxy) is 1. The number of halogens is 1. The fourth-order valence-electron chi connectivity index (χ4n) is 3.41. The number of aromatic nitrogens is 1. The lowest BCUT2D eigenvalue weighted by Crippen LogP contribution is -2.50. The molecule has 2 aromatic carbocycles. The number of nitrogens with zero attached hydrogens (tertiary/aromatic N) is 3. The Morgan fingerprint density at radius 2 is 1.66 bits per heavy atom. The maximum Gasteiger partial charge on any atom is 0.255 e. The molecule has 1 aliphatic rings. The molecular weight excluding hydrogens is 472 g/mol. The zero-order chi connectivity index (χ0) is 22.3. The normalized spacial score (nSPS) is 14.1. The first-order valence-corrected chi connectivity index (χ1v) is 11.1. The van der Waals surface area contributed by atoms with Crippen molar-refractivity contribution in [1.29, 1.82) is 0 Å². The van der Waals surface area contributed by atoms with Gasteiger partial charge in [-0.15, -0.1) is 0 Å². The van der Waals surface area contributed by atoms with Crippen LogP contribution in [-0.4, -0.2) is 59.3 Å². The number of anilines is 1. The Labute approximate surface area is 195 Å². The van der Waals surface area contributed by atoms with Crippen LogP contribution < -0.4 is 10.1 Å². The van der Waals surface area contributed by atoms with E-state index in [4.69, 9.17) is 4.74 Å². The van der Waals surface area contributed by atoms with Crippen molar-refractivity contribution in [2.75, 3.05) is 38.0 Å². The molecule has 1 saturated heterocycles. The molecule has 0 atom stereocenters. The predicted molar refractivity (Wildman–Crippen MR) is 126 cm³/mol. The maximum atomic E-state index is 12.8. The number of nitrogens with one attached hydrogen (secondary N) is 1. The molecule has 164 valence electrons. The van der Waals surface area contributed by atoms with Crippen molar-refractivity contribution in [2.24, 2.45) is 0 Å². The number of piperazine rings is 1. The topological polar surface area (TPSA) is 74.8 Å². The van der Waals surface area contributed by atoms with Gasteiger partial charge in [0.25, 0.3) is 5.91 Å². The molecule has 1 fully saturated rings. The molecule has 2 heterocycles. The number of carbonyl (C=O) groups is 2. The number of pyridine rings is 1. The minimum Gasteiger partial charge on any atom is -0.439 e. The molecule has 0 spiro atoms. The summed E-state index contributed by atoms with van der Waals surface area (Å²) < 4.78 is 6.67. The van der Waals surface area contributed by atoms with Crippen molar-refractivity contribution in [3.05, 3.63) is 83.0 Å². The number of hydrogen-bond acceptors (Lipinski definition) is 5. The van der Waals surface area contributed by atoms with Crippen LogP contribution in [0.4, 0.5) is 5.69 Å². The highest BCUT2D eigenvalue weighted by atomic mass is 79.9. The van der Waals surface area contributed by atoms with Crippen molar-refractivity contribution < 1.29 is 14.3 Å². The lowest BCUT2D eigenvalue weighted by atomic mass is 10.2. The van der Waals surface area contributed by atoms with E-state index in [0.717, 1.165) is 10.2 Å².